The van der Waals surface area contributed by atoms with Gasteiger partial charge in [0.2, 0.25) is 0 Å². The summed E-state index contributed by atoms with van der Waals surface area (Å²) in [6.45, 7) is 9.48. The minimum atomic E-state index is 0.926. The third kappa shape index (κ3) is 4.31. The van der Waals surface area contributed by atoms with Gasteiger partial charge < -0.3 is 9.64 Å². The van der Waals surface area contributed by atoms with Crippen molar-refractivity contribution in [1.29, 1.82) is 0 Å². The highest BCUT2D eigenvalue weighted by atomic mass is 16.5. The Balaban J connectivity index is 1.35. The summed E-state index contributed by atoms with van der Waals surface area (Å²) in [5.41, 5.74) is 0. The lowest BCUT2D eigenvalue weighted by Crippen LogP contribution is -2.43. The van der Waals surface area contributed by atoms with Gasteiger partial charge in [0.1, 0.15) is 0 Å². The third-order valence-electron chi connectivity index (χ3n) is 5.22. The Bertz CT molecular complexity index is 304. The molecule has 3 rings (SSSR count). The van der Waals surface area contributed by atoms with Crippen molar-refractivity contribution in [1.82, 2.24) is 9.80 Å². The van der Waals surface area contributed by atoms with Crippen LogP contribution in [0.5, 0.6) is 0 Å². The van der Waals surface area contributed by atoms with Crippen LogP contribution in [0.25, 0.3) is 0 Å². The van der Waals surface area contributed by atoms with Crippen molar-refractivity contribution in [3.05, 3.63) is 12.2 Å². The molecule has 2 fully saturated rings. The Kier molecular flexibility index (Phi) is 5.51. The van der Waals surface area contributed by atoms with Gasteiger partial charge in [0.25, 0.3) is 0 Å². The van der Waals surface area contributed by atoms with E-state index in [1.54, 1.807) is 0 Å². The molecule has 2 heterocycles. The zero-order valence-corrected chi connectivity index (χ0v) is 12.8. The molecule has 1 atom stereocenters. The topological polar surface area (TPSA) is 15.7 Å². The van der Waals surface area contributed by atoms with Crippen molar-refractivity contribution in [3.63, 3.8) is 0 Å². The third-order valence-corrected chi connectivity index (χ3v) is 5.22. The molecule has 2 aliphatic heterocycles. The van der Waals surface area contributed by atoms with E-state index in [-0.39, 0.29) is 0 Å². The fraction of sp³-hybridized carbons (Fsp3) is 0.882. The summed E-state index contributed by atoms with van der Waals surface area (Å²) < 4.78 is 5.44. The van der Waals surface area contributed by atoms with Crippen LogP contribution in [0.15, 0.2) is 12.2 Å². The number of allylic oxidation sites excluding steroid dienone is 2. The summed E-state index contributed by atoms with van der Waals surface area (Å²) in [5, 5.41) is 0. The lowest BCUT2D eigenvalue weighted by molar-refractivity contribution is 0.0238. The van der Waals surface area contributed by atoms with Crippen molar-refractivity contribution in [2.24, 2.45) is 11.8 Å². The number of hydrogen-bond donors (Lipinski definition) is 0. The van der Waals surface area contributed by atoms with E-state index < -0.39 is 0 Å². The standard InChI is InChI=1S/C17H30N2O/c1-2-4-16(5-3-1)14-18-8-6-17(7-9-18)15-19-10-12-20-13-11-19/h1-2,16-17H,3-15H2. The Morgan fingerprint density at radius 2 is 1.50 bits per heavy atom. The van der Waals surface area contributed by atoms with Gasteiger partial charge in [-0.3, -0.25) is 4.90 Å². The second kappa shape index (κ2) is 7.58. The van der Waals surface area contributed by atoms with Crippen molar-refractivity contribution in [2.45, 2.75) is 32.1 Å². The monoisotopic (exact) mass is 278 g/mol. The van der Waals surface area contributed by atoms with E-state index in [9.17, 15) is 0 Å². The first-order valence-electron chi connectivity index (χ1n) is 8.57. The number of ether oxygens (including phenoxy) is 1. The summed E-state index contributed by atoms with van der Waals surface area (Å²) >= 11 is 0. The van der Waals surface area contributed by atoms with Crippen LogP contribution in [-0.4, -0.2) is 62.3 Å². The molecule has 0 radical (unpaired) electrons. The molecule has 2 saturated heterocycles. The van der Waals surface area contributed by atoms with Gasteiger partial charge in [0, 0.05) is 26.2 Å². The average molecular weight is 278 g/mol. The molecule has 3 heteroatoms. The summed E-state index contributed by atoms with van der Waals surface area (Å²) in [6, 6.07) is 0. The van der Waals surface area contributed by atoms with Gasteiger partial charge in [-0.25, -0.2) is 0 Å². The largest absolute Gasteiger partial charge is 0.379 e. The zero-order chi connectivity index (χ0) is 13.6. The summed E-state index contributed by atoms with van der Waals surface area (Å²) in [4.78, 5) is 5.33. The predicted octanol–water partition coefficient (Wildman–Crippen LogP) is 2.39. The van der Waals surface area contributed by atoms with Crippen LogP contribution in [0.1, 0.15) is 32.1 Å². The van der Waals surface area contributed by atoms with Gasteiger partial charge in [-0.15, -0.1) is 0 Å². The molecule has 114 valence electrons. The fourth-order valence-electron chi connectivity index (χ4n) is 3.89. The van der Waals surface area contributed by atoms with E-state index >= 15 is 0 Å². The molecule has 0 aromatic heterocycles. The van der Waals surface area contributed by atoms with Crippen molar-refractivity contribution >= 4 is 0 Å². The fourth-order valence-corrected chi connectivity index (χ4v) is 3.89. The second-order valence-corrected chi connectivity index (χ2v) is 6.81. The highest BCUT2D eigenvalue weighted by Gasteiger charge is 2.24. The van der Waals surface area contributed by atoms with Gasteiger partial charge in [-0.2, -0.15) is 0 Å². The first-order chi connectivity index (χ1) is 9.90. The van der Waals surface area contributed by atoms with Crippen LogP contribution < -0.4 is 0 Å². The number of morpholine rings is 1. The van der Waals surface area contributed by atoms with Gasteiger partial charge in [0.15, 0.2) is 0 Å². The quantitative estimate of drug-likeness (QED) is 0.734. The van der Waals surface area contributed by atoms with Crippen LogP contribution in [-0.2, 0) is 4.74 Å². The summed E-state index contributed by atoms with van der Waals surface area (Å²) in [5.74, 6) is 1.85. The maximum Gasteiger partial charge on any atom is 0.0594 e. The summed E-state index contributed by atoms with van der Waals surface area (Å²) in [6.07, 6.45) is 11.6. The van der Waals surface area contributed by atoms with Crippen LogP contribution in [0.3, 0.4) is 0 Å². The maximum absolute atomic E-state index is 5.44. The van der Waals surface area contributed by atoms with E-state index in [0.717, 1.165) is 38.1 Å². The molecule has 3 aliphatic rings. The SMILES string of the molecule is C1=CCC(CN2CCC(CN3CCOCC3)CC2)CC1. The zero-order valence-electron chi connectivity index (χ0n) is 12.8. The lowest BCUT2D eigenvalue weighted by Gasteiger charge is -2.37. The molecule has 0 amide bonds. The first kappa shape index (κ1) is 14.6. The number of rotatable bonds is 4. The van der Waals surface area contributed by atoms with Crippen molar-refractivity contribution in [3.8, 4) is 0 Å². The molecule has 1 aliphatic carbocycles. The van der Waals surface area contributed by atoms with Crippen molar-refractivity contribution in [2.75, 3.05) is 52.5 Å². The predicted molar refractivity (Wildman–Crippen MR) is 82.9 cm³/mol. The Hall–Kier alpha value is -0.380. The van der Waals surface area contributed by atoms with Crippen LogP contribution in [0.2, 0.25) is 0 Å². The number of piperidine rings is 1. The van der Waals surface area contributed by atoms with Gasteiger partial charge in [-0.05, 0) is 57.0 Å². The maximum atomic E-state index is 5.44. The molecule has 0 aromatic rings. The second-order valence-electron chi connectivity index (χ2n) is 6.81. The Morgan fingerprint density at radius 1 is 0.800 bits per heavy atom. The van der Waals surface area contributed by atoms with E-state index in [1.807, 2.05) is 0 Å². The molecular formula is C17H30N2O. The van der Waals surface area contributed by atoms with E-state index in [2.05, 4.69) is 22.0 Å². The molecule has 0 spiro atoms. The van der Waals surface area contributed by atoms with Gasteiger partial charge in [0.05, 0.1) is 13.2 Å². The molecule has 1 unspecified atom stereocenters. The van der Waals surface area contributed by atoms with Crippen LogP contribution in [0.4, 0.5) is 0 Å². The summed E-state index contributed by atoms with van der Waals surface area (Å²) in [7, 11) is 0. The van der Waals surface area contributed by atoms with Crippen LogP contribution >= 0.6 is 0 Å². The normalized spacial score (nSPS) is 30.7. The molecule has 0 bridgehead atoms. The van der Waals surface area contributed by atoms with E-state index in [0.29, 0.717) is 0 Å². The van der Waals surface area contributed by atoms with E-state index in [1.165, 1.54) is 58.3 Å². The Morgan fingerprint density at radius 3 is 2.20 bits per heavy atom. The van der Waals surface area contributed by atoms with Gasteiger partial charge in [-0.1, -0.05) is 12.2 Å². The molecule has 0 aromatic carbocycles. The average Bonchev–Trinajstić information content (AvgIpc) is 2.51. The number of nitrogens with zero attached hydrogens (tertiary/aromatic N) is 2. The molecule has 0 N–H and O–H groups in total. The number of hydrogen-bond acceptors (Lipinski definition) is 3. The van der Waals surface area contributed by atoms with Gasteiger partial charge >= 0.3 is 0 Å². The Labute approximate surface area is 124 Å². The lowest BCUT2D eigenvalue weighted by atomic mass is 9.91. The highest BCUT2D eigenvalue weighted by molar-refractivity contribution is 4.91. The minimum absolute atomic E-state index is 0.926. The molecular weight excluding hydrogens is 248 g/mol. The van der Waals surface area contributed by atoms with E-state index in [4.69, 9.17) is 4.74 Å². The molecule has 0 saturated carbocycles. The minimum Gasteiger partial charge on any atom is -0.379 e. The molecule has 3 nitrogen and oxygen atoms in total. The smallest absolute Gasteiger partial charge is 0.0594 e. The van der Waals surface area contributed by atoms with Crippen LogP contribution in [0, 0.1) is 11.8 Å². The molecule has 20 heavy (non-hydrogen) atoms. The first-order valence-corrected chi connectivity index (χ1v) is 8.57. The highest BCUT2D eigenvalue weighted by Crippen LogP contribution is 2.23. The number of likely N-dealkylation sites (tertiary alicyclic amines) is 1. The van der Waals surface area contributed by atoms with Crippen molar-refractivity contribution < 1.29 is 4.74 Å².